The summed E-state index contributed by atoms with van der Waals surface area (Å²) in [6.45, 7) is 1.97. The third-order valence-electron chi connectivity index (χ3n) is 2.06. The summed E-state index contributed by atoms with van der Waals surface area (Å²) in [5.41, 5.74) is 5.94. The van der Waals surface area contributed by atoms with Crippen LogP contribution in [0.3, 0.4) is 0 Å². The van der Waals surface area contributed by atoms with Gasteiger partial charge in [-0.05, 0) is 12.5 Å². The molecule has 0 saturated carbocycles. The van der Waals surface area contributed by atoms with E-state index in [1.807, 2.05) is 6.92 Å². The van der Waals surface area contributed by atoms with Gasteiger partial charge in [0.15, 0.2) is 0 Å². The van der Waals surface area contributed by atoms with Crippen LogP contribution in [0.25, 0.3) is 0 Å². The summed E-state index contributed by atoms with van der Waals surface area (Å²) in [6, 6.07) is 1.60. The van der Waals surface area contributed by atoms with Crippen molar-refractivity contribution < 1.29 is 9.21 Å². The number of thiocarbonyl (C=S) groups is 1. The number of carbonyl (C=O) groups is 1. The molecule has 1 atom stereocenters. The van der Waals surface area contributed by atoms with Gasteiger partial charge < -0.3 is 15.5 Å². The van der Waals surface area contributed by atoms with Gasteiger partial charge in [0.05, 0.1) is 16.8 Å². The number of hydrogen-bond acceptors (Lipinski definition) is 3. The summed E-state index contributed by atoms with van der Waals surface area (Å²) in [6.07, 6.45) is 4.18. The minimum Gasteiger partial charge on any atom is -0.472 e. The molecule has 1 heterocycles. The molecule has 0 aromatic carbocycles. The summed E-state index contributed by atoms with van der Waals surface area (Å²) in [4.78, 5) is 12.0. The van der Waals surface area contributed by atoms with Gasteiger partial charge in [-0.3, -0.25) is 4.79 Å². The maximum absolute atomic E-state index is 11.6. The zero-order chi connectivity index (χ0) is 11.3. The number of hydrogen-bond donors (Lipinski definition) is 2. The molecule has 1 rings (SSSR count). The van der Waals surface area contributed by atoms with Crippen LogP contribution in [0, 0.1) is 0 Å². The Morgan fingerprint density at radius 3 is 2.93 bits per heavy atom. The minimum absolute atomic E-state index is 0.00935. The highest BCUT2D eigenvalue weighted by molar-refractivity contribution is 7.80. The van der Waals surface area contributed by atoms with Crippen molar-refractivity contribution in [3.8, 4) is 0 Å². The summed E-state index contributed by atoms with van der Waals surface area (Å²) >= 11 is 4.80. The Bertz CT molecular complexity index is 335. The molecule has 1 aromatic heterocycles. The van der Waals surface area contributed by atoms with Crippen molar-refractivity contribution in [3.63, 3.8) is 0 Å². The molecule has 0 aliphatic rings. The molecule has 0 aliphatic heterocycles. The minimum atomic E-state index is -0.160. The monoisotopic (exact) mass is 226 g/mol. The van der Waals surface area contributed by atoms with Crippen molar-refractivity contribution in [2.75, 3.05) is 0 Å². The highest BCUT2D eigenvalue weighted by Gasteiger charge is 2.13. The molecular formula is C10H14N2O2S. The molecule has 82 valence electrons. The SMILES string of the molecule is CCC(CC(N)=S)NC(=O)c1ccoc1. The van der Waals surface area contributed by atoms with Gasteiger partial charge in [0.1, 0.15) is 6.26 Å². The molecule has 1 amide bonds. The first-order valence-corrected chi connectivity index (χ1v) is 5.15. The Hall–Kier alpha value is -1.36. The Balaban J connectivity index is 2.52. The van der Waals surface area contributed by atoms with Crippen LogP contribution >= 0.6 is 12.2 Å². The summed E-state index contributed by atoms with van der Waals surface area (Å²) in [5.74, 6) is -0.160. The van der Waals surface area contributed by atoms with Crippen molar-refractivity contribution in [1.82, 2.24) is 5.32 Å². The lowest BCUT2D eigenvalue weighted by molar-refractivity contribution is 0.0936. The quantitative estimate of drug-likeness (QED) is 0.746. The molecule has 5 heteroatoms. The largest absolute Gasteiger partial charge is 0.472 e. The number of furan rings is 1. The fourth-order valence-corrected chi connectivity index (χ4v) is 1.40. The van der Waals surface area contributed by atoms with E-state index in [0.29, 0.717) is 17.0 Å². The topological polar surface area (TPSA) is 68.3 Å². The fourth-order valence-electron chi connectivity index (χ4n) is 1.20. The second-order valence-electron chi connectivity index (χ2n) is 3.26. The highest BCUT2D eigenvalue weighted by atomic mass is 32.1. The van der Waals surface area contributed by atoms with Crippen molar-refractivity contribution >= 4 is 23.1 Å². The third kappa shape index (κ3) is 3.71. The molecule has 0 spiro atoms. The molecule has 4 nitrogen and oxygen atoms in total. The van der Waals surface area contributed by atoms with Crippen molar-refractivity contribution in [3.05, 3.63) is 24.2 Å². The Morgan fingerprint density at radius 1 is 1.73 bits per heavy atom. The predicted molar refractivity (Wildman–Crippen MR) is 61.7 cm³/mol. The number of nitrogens with two attached hydrogens (primary N) is 1. The molecule has 0 fully saturated rings. The van der Waals surface area contributed by atoms with E-state index in [-0.39, 0.29) is 11.9 Å². The van der Waals surface area contributed by atoms with Gasteiger partial charge in [-0.15, -0.1) is 0 Å². The maximum Gasteiger partial charge on any atom is 0.254 e. The molecule has 1 aromatic rings. The highest BCUT2D eigenvalue weighted by Crippen LogP contribution is 2.03. The van der Waals surface area contributed by atoms with Crippen LogP contribution < -0.4 is 11.1 Å². The first-order valence-electron chi connectivity index (χ1n) is 4.74. The van der Waals surface area contributed by atoms with Crippen LogP contribution in [-0.2, 0) is 0 Å². The summed E-state index contributed by atoms with van der Waals surface area (Å²) in [5, 5.41) is 2.83. The average molecular weight is 226 g/mol. The molecule has 0 bridgehead atoms. The first-order chi connectivity index (χ1) is 7.13. The lowest BCUT2D eigenvalue weighted by Crippen LogP contribution is -2.36. The Morgan fingerprint density at radius 2 is 2.47 bits per heavy atom. The number of amides is 1. The zero-order valence-electron chi connectivity index (χ0n) is 8.53. The summed E-state index contributed by atoms with van der Waals surface area (Å²) < 4.78 is 4.82. The lowest BCUT2D eigenvalue weighted by Gasteiger charge is -2.15. The van der Waals surface area contributed by atoms with E-state index in [9.17, 15) is 4.79 Å². The van der Waals surface area contributed by atoms with E-state index in [1.165, 1.54) is 12.5 Å². The van der Waals surface area contributed by atoms with Gasteiger partial charge in [0.25, 0.3) is 5.91 Å². The predicted octanol–water partition coefficient (Wildman–Crippen LogP) is 1.46. The molecule has 0 radical (unpaired) electrons. The smallest absolute Gasteiger partial charge is 0.254 e. The fraction of sp³-hybridized carbons (Fsp3) is 0.400. The van der Waals surface area contributed by atoms with Gasteiger partial charge in [0, 0.05) is 12.5 Å². The van der Waals surface area contributed by atoms with Gasteiger partial charge in [-0.2, -0.15) is 0 Å². The van der Waals surface area contributed by atoms with E-state index < -0.39 is 0 Å². The van der Waals surface area contributed by atoms with E-state index in [2.05, 4.69) is 5.32 Å². The van der Waals surface area contributed by atoms with E-state index in [4.69, 9.17) is 22.4 Å². The Kier molecular flexibility index (Phi) is 4.30. The maximum atomic E-state index is 11.6. The second kappa shape index (κ2) is 5.50. The molecule has 3 N–H and O–H groups in total. The van der Waals surface area contributed by atoms with Crippen molar-refractivity contribution in [2.24, 2.45) is 5.73 Å². The number of carbonyl (C=O) groups excluding carboxylic acids is 1. The lowest BCUT2D eigenvalue weighted by atomic mass is 10.1. The van der Waals surface area contributed by atoms with Gasteiger partial charge >= 0.3 is 0 Å². The molecule has 1 unspecified atom stereocenters. The normalized spacial score (nSPS) is 12.1. The zero-order valence-corrected chi connectivity index (χ0v) is 9.34. The number of rotatable bonds is 5. The first kappa shape index (κ1) is 11.7. The van der Waals surface area contributed by atoms with E-state index >= 15 is 0 Å². The Labute approximate surface area is 93.8 Å². The van der Waals surface area contributed by atoms with Gasteiger partial charge in [0.2, 0.25) is 0 Å². The molecular weight excluding hydrogens is 212 g/mol. The van der Waals surface area contributed by atoms with Crippen LogP contribution in [0.4, 0.5) is 0 Å². The second-order valence-corrected chi connectivity index (χ2v) is 3.79. The number of nitrogens with one attached hydrogen (secondary N) is 1. The van der Waals surface area contributed by atoms with Crippen molar-refractivity contribution in [1.29, 1.82) is 0 Å². The van der Waals surface area contributed by atoms with Gasteiger partial charge in [-0.1, -0.05) is 19.1 Å². The van der Waals surface area contributed by atoms with E-state index in [0.717, 1.165) is 6.42 Å². The van der Waals surface area contributed by atoms with Crippen LogP contribution in [0.15, 0.2) is 23.0 Å². The standard InChI is InChI=1S/C10H14N2O2S/c1-2-8(5-9(11)15)12-10(13)7-3-4-14-6-7/h3-4,6,8H,2,5H2,1H3,(H2,11,15)(H,12,13). The van der Waals surface area contributed by atoms with Crippen LogP contribution in [0.5, 0.6) is 0 Å². The average Bonchev–Trinajstić information content (AvgIpc) is 2.68. The van der Waals surface area contributed by atoms with Crippen LogP contribution in [0.2, 0.25) is 0 Å². The van der Waals surface area contributed by atoms with Crippen LogP contribution in [0.1, 0.15) is 30.1 Å². The van der Waals surface area contributed by atoms with Gasteiger partial charge in [-0.25, -0.2) is 0 Å². The van der Waals surface area contributed by atoms with E-state index in [1.54, 1.807) is 6.07 Å². The summed E-state index contributed by atoms with van der Waals surface area (Å²) in [7, 11) is 0. The van der Waals surface area contributed by atoms with Crippen LogP contribution in [-0.4, -0.2) is 16.9 Å². The molecule has 15 heavy (non-hydrogen) atoms. The molecule has 0 aliphatic carbocycles. The molecule has 0 saturated heterocycles. The third-order valence-corrected chi connectivity index (χ3v) is 2.23. The van der Waals surface area contributed by atoms with Crippen molar-refractivity contribution in [2.45, 2.75) is 25.8 Å².